The van der Waals surface area contributed by atoms with Gasteiger partial charge >= 0.3 is 0 Å². The highest BCUT2D eigenvalue weighted by atomic mass is 32.2. The average Bonchev–Trinajstić information content (AvgIpc) is 2.71. The van der Waals surface area contributed by atoms with Crippen LogP contribution in [-0.2, 0) is 10.0 Å². The van der Waals surface area contributed by atoms with Gasteiger partial charge in [-0.15, -0.1) is 11.8 Å². The monoisotopic (exact) mass is 460 g/mol. The summed E-state index contributed by atoms with van der Waals surface area (Å²) >= 11 is 1.19. The van der Waals surface area contributed by atoms with Gasteiger partial charge in [0.1, 0.15) is 0 Å². The lowest BCUT2D eigenvalue weighted by Crippen LogP contribution is -2.40. The third-order valence-electron chi connectivity index (χ3n) is 4.72. The first-order chi connectivity index (χ1) is 14.1. The number of anilines is 1. The first kappa shape index (κ1) is 22.6. The second kappa shape index (κ2) is 8.96. The summed E-state index contributed by atoms with van der Waals surface area (Å²) in [5, 5.41) is 11.9. The molecule has 30 heavy (non-hydrogen) atoms. The number of carbonyl (C=O) groups excluding carboxylic acids is 1. The molecule has 0 atom stereocenters. The molecule has 2 aromatic carbocycles. The van der Waals surface area contributed by atoms with E-state index >= 15 is 0 Å². The van der Waals surface area contributed by atoms with Crippen molar-refractivity contribution in [3.63, 3.8) is 0 Å². The van der Waals surface area contributed by atoms with Crippen molar-refractivity contribution in [2.45, 2.75) is 28.7 Å². The van der Waals surface area contributed by atoms with Crippen LogP contribution in [-0.4, -0.2) is 49.2 Å². The summed E-state index contributed by atoms with van der Waals surface area (Å²) in [5.41, 5.74) is -0.313. The molecule has 0 aliphatic carbocycles. The van der Waals surface area contributed by atoms with Gasteiger partial charge in [-0.3, -0.25) is 4.79 Å². The van der Waals surface area contributed by atoms with E-state index in [-0.39, 0.29) is 29.2 Å². The molecule has 0 radical (unpaired) electrons. The average molecular weight is 460 g/mol. The molecule has 3 rings (SSSR count). The molecule has 1 aliphatic rings. The molecule has 0 saturated carbocycles. The van der Waals surface area contributed by atoms with Gasteiger partial charge in [-0.1, -0.05) is 0 Å². The van der Waals surface area contributed by atoms with Crippen LogP contribution >= 0.6 is 11.8 Å². The van der Waals surface area contributed by atoms with Crippen LogP contribution in [0.3, 0.4) is 0 Å². The van der Waals surface area contributed by atoms with E-state index in [0.717, 1.165) is 0 Å². The molecule has 0 aromatic heterocycles. The highest BCUT2D eigenvalue weighted by molar-refractivity contribution is 7.98. The van der Waals surface area contributed by atoms with E-state index in [1.165, 1.54) is 34.3 Å². The van der Waals surface area contributed by atoms with Gasteiger partial charge in [-0.2, -0.15) is 4.31 Å². The predicted octanol–water partition coefficient (Wildman–Crippen LogP) is 3.22. The van der Waals surface area contributed by atoms with E-state index in [9.17, 15) is 31.5 Å². The molecule has 0 bridgehead atoms. The molecule has 0 unspecified atom stereocenters. The van der Waals surface area contributed by atoms with Gasteiger partial charge in [0.25, 0.3) is 5.91 Å². The summed E-state index contributed by atoms with van der Waals surface area (Å²) in [7, 11) is -3.89. The zero-order chi connectivity index (χ0) is 22.1. The van der Waals surface area contributed by atoms with Crippen molar-refractivity contribution in [3.8, 4) is 0 Å². The van der Waals surface area contributed by atoms with Crippen LogP contribution in [0.1, 0.15) is 23.2 Å². The number of thioether (sulfide) groups is 1. The summed E-state index contributed by atoms with van der Waals surface area (Å²) in [5.74, 6) is -5.37. The van der Waals surface area contributed by atoms with Crippen molar-refractivity contribution in [3.05, 3.63) is 53.3 Å². The van der Waals surface area contributed by atoms with Gasteiger partial charge in [0.15, 0.2) is 17.5 Å². The molecule has 162 valence electrons. The second-order valence-electron chi connectivity index (χ2n) is 6.71. The van der Waals surface area contributed by atoms with E-state index in [2.05, 4.69) is 5.32 Å². The smallest absolute Gasteiger partial charge is 0.256 e. The fourth-order valence-corrected chi connectivity index (χ4v) is 5.15. The fourth-order valence-electron chi connectivity index (χ4n) is 3.08. The Morgan fingerprint density at radius 3 is 2.30 bits per heavy atom. The molecule has 6 nitrogen and oxygen atoms in total. The Morgan fingerprint density at radius 2 is 1.73 bits per heavy atom. The molecule has 0 spiro atoms. The number of benzene rings is 2. The Bertz CT molecular complexity index is 1050. The number of hydrogen-bond donors (Lipinski definition) is 2. The molecular formula is C19H19F3N2O4S2. The minimum Gasteiger partial charge on any atom is -0.393 e. The molecule has 2 aromatic rings. The maximum absolute atomic E-state index is 13.4. The summed E-state index contributed by atoms with van der Waals surface area (Å²) < 4.78 is 67.0. The number of amides is 1. The van der Waals surface area contributed by atoms with Crippen LogP contribution in [0.2, 0.25) is 0 Å². The van der Waals surface area contributed by atoms with Crippen LogP contribution in [0.5, 0.6) is 0 Å². The zero-order valence-electron chi connectivity index (χ0n) is 15.9. The molecular weight excluding hydrogens is 441 g/mol. The van der Waals surface area contributed by atoms with Crippen LogP contribution in [0.15, 0.2) is 40.1 Å². The largest absolute Gasteiger partial charge is 0.393 e. The number of carbonyl (C=O) groups is 1. The van der Waals surface area contributed by atoms with E-state index in [0.29, 0.717) is 29.9 Å². The highest BCUT2D eigenvalue weighted by Crippen LogP contribution is 2.28. The number of piperidine rings is 1. The Kier molecular flexibility index (Phi) is 6.75. The normalized spacial score (nSPS) is 15.9. The number of aliphatic hydroxyl groups is 1. The number of aliphatic hydroxyl groups excluding tert-OH is 1. The molecule has 1 heterocycles. The Balaban J connectivity index is 1.92. The van der Waals surface area contributed by atoms with Crippen molar-refractivity contribution >= 4 is 33.4 Å². The lowest BCUT2D eigenvalue weighted by atomic mass is 10.1. The minimum absolute atomic E-state index is 0.00856. The fraction of sp³-hybridized carbons (Fsp3) is 0.316. The van der Waals surface area contributed by atoms with Crippen molar-refractivity contribution in [2.75, 3.05) is 24.7 Å². The zero-order valence-corrected chi connectivity index (χ0v) is 17.5. The maximum Gasteiger partial charge on any atom is 0.256 e. The van der Waals surface area contributed by atoms with E-state index in [1.807, 2.05) is 0 Å². The van der Waals surface area contributed by atoms with Gasteiger partial charge < -0.3 is 10.4 Å². The minimum atomic E-state index is -3.89. The van der Waals surface area contributed by atoms with Crippen LogP contribution in [0, 0.1) is 17.5 Å². The predicted molar refractivity (Wildman–Crippen MR) is 106 cm³/mol. The van der Waals surface area contributed by atoms with E-state index in [4.69, 9.17) is 0 Å². The molecule has 11 heteroatoms. The standard InChI is InChI=1S/C19H19F3N2O4S2/c1-29-17-3-2-13(30(27,28)24-6-4-12(25)5-7-24)10-14(17)19(26)23-11-8-15(20)18(22)16(21)9-11/h2-3,8-10,12,25H,4-7H2,1H3,(H,23,26). The Hall–Kier alpha value is -2.08. The van der Waals surface area contributed by atoms with Crippen molar-refractivity contribution in [1.29, 1.82) is 0 Å². The second-order valence-corrected chi connectivity index (χ2v) is 9.49. The number of sulfonamides is 1. The van der Waals surface area contributed by atoms with Crippen LogP contribution in [0.25, 0.3) is 0 Å². The van der Waals surface area contributed by atoms with Gasteiger partial charge in [0.05, 0.1) is 16.6 Å². The molecule has 2 N–H and O–H groups in total. The number of nitrogens with one attached hydrogen (secondary N) is 1. The highest BCUT2D eigenvalue weighted by Gasteiger charge is 2.29. The van der Waals surface area contributed by atoms with Crippen LogP contribution < -0.4 is 5.32 Å². The quantitative estimate of drug-likeness (QED) is 0.529. The Morgan fingerprint density at radius 1 is 1.13 bits per heavy atom. The number of rotatable bonds is 5. The van der Waals surface area contributed by atoms with Gasteiger partial charge in [-0.25, -0.2) is 21.6 Å². The SMILES string of the molecule is CSc1ccc(S(=O)(=O)N2CCC(O)CC2)cc1C(=O)Nc1cc(F)c(F)c(F)c1. The lowest BCUT2D eigenvalue weighted by molar-refractivity contribution is 0.102. The van der Waals surface area contributed by atoms with Crippen molar-refractivity contribution in [2.24, 2.45) is 0 Å². The maximum atomic E-state index is 13.4. The Labute approximate surface area is 176 Å². The molecule has 1 aliphatic heterocycles. The summed E-state index contributed by atoms with van der Waals surface area (Å²) in [4.78, 5) is 13.0. The molecule has 1 amide bonds. The first-order valence-corrected chi connectivity index (χ1v) is 11.6. The number of nitrogens with zero attached hydrogens (tertiary/aromatic N) is 1. The summed E-state index contributed by atoms with van der Waals surface area (Å²) in [6, 6.07) is 5.30. The van der Waals surface area contributed by atoms with Gasteiger partial charge in [0, 0.05) is 35.8 Å². The molecule has 1 fully saturated rings. The number of halogens is 3. The van der Waals surface area contributed by atoms with Gasteiger partial charge in [-0.05, 0) is 37.3 Å². The molecule has 1 saturated heterocycles. The lowest BCUT2D eigenvalue weighted by Gasteiger charge is -2.28. The summed E-state index contributed by atoms with van der Waals surface area (Å²) in [6.07, 6.45) is 1.77. The topological polar surface area (TPSA) is 86.7 Å². The van der Waals surface area contributed by atoms with Crippen molar-refractivity contribution in [1.82, 2.24) is 4.31 Å². The van der Waals surface area contributed by atoms with Crippen molar-refractivity contribution < 1.29 is 31.5 Å². The third-order valence-corrected chi connectivity index (χ3v) is 7.41. The van der Waals surface area contributed by atoms with Gasteiger partial charge in [0.2, 0.25) is 10.0 Å². The van der Waals surface area contributed by atoms with E-state index in [1.54, 1.807) is 6.26 Å². The number of hydrogen-bond acceptors (Lipinski definition) is 5. The van der Waals surface area contributed by atoms with E-state index < -0.39 is 39.5 Å². The third kappa shape index (κ3) is 4.64. The first-order valence-electron chi connectivity index (χ1n) is 8.95. The van der Waals surface area contributed by atoms with Crippen LogP contribution in [0.4, 0.5) is 18.9 Å². The summed E-state index contributed by atoms with van der Waals surface area (Å²) in [6.45, 7) is 0.312.